The van der Waals surface area contributed by atoms with E-state index >= 15 is 0 Å². The van der Waals surface area contributed by atoms with Crippen molar-refractivity contribution < 1.29 is 15.0 Å². The van der Waals surface area contributed by atoms with Crippen LogP contribution in [0.3, 0.4) is 0 Å². The van der Waals surface area contributed by atoms with E-state index in [-0.39, 0.29) is 35.3 Å². The average molecular weight is 262 g/mol. The predicted octanol–water partition coefficient (Wildman–Crippen LogP) is 1.80. The number of nitrogens with zero attached hydrogens (tertiary/aromatic N) is 1. The Morgan fingerprint density at radius 3 is 2.62 bits per heavy atom. The molecule has 1 aliphatic heterocycles. The molecule has 0 spiro atoms. The Kier molecular flexibility index (Phi) is 2.97. The number of carbonyl (C=O) groups is 1. The van der Waals surface area contributed by atoms with Gasteiger partial charge in [0, 0.05) is 5.02 Å². The van der Waals surface area contributed by atoms with Gasteiger partial charge in [-0.2, -0.15) is 0 Å². The number of carbonyl (C=O) groups excluding carboxylic acids is 1. The van der Waals surface area contributed by atoms with E-state index in [1.807, 2.05) is 0 Å². The molecule has 2 rings (SSSR count). The third kappa shape index (κ3) is 1.96. The molecule has 1 amide bonds. The molecule has 1 aromatic rings. The number of anilines is 1. The number of aliphatic hydroxyl groups excluding tert-OH is 1. The van der Waals surface area contributed by atoms with E-state index in [9.17, 15) is 15.0 Å². The van der Waals surface area contributed by atoms with Gasteiger partial charge in [-0.3, -0.25) is 4.79 Å². The van der Waals surface area contributed by atoms with Crippen LogP contribution in [0.2, 0.25) is 10.0 Å². The van der Waals surface area contributed by atoms with Crippen molar-refractivity contribution in [1.29, 1.82) is 0 Å². The highest BCUT2D eigenvalue weighted by atomic mass is 35.5. The number of aliphatic hydroxyl groups is 1. The van der Waals surface area contributed by atoms with Crippen LogP contribution in [-0.4, -0.2) is 28.8 Å². The fraction of sp³-hybridized carbons (Fsp3) is 0.300. The Hall–Kier alpha value is -0.970. The number of aromatic hydroxyl groups is 1. The van der Waals surface area contributed by atoms with Crippen LogP contribution in [0.5, 0.6) is 5.75 Å². The maximum Gasteiger partial charge on any atom is 0.229 e. The summed E-state index contributed by atoms with van der Waals surface area (Å²) in [5.74, 6) is -0.463. The van der Waals surface area contributed by atoms with Gasteiger partial charge in [-0.25, -0.2) is 0 Å². The van der Waals surface area contributed by atoms with Gasteiger partial charge in [0.1, 0.15) is 0 Å². The molecule has 2 N–H and O–H groups in total. The monoisotopic (exact) mass is 261 g/mol. The zero-order chi connectivity index (χ0) is 11.9. The van der Waals surface area contributed by atoms with Gasteiger partial charge in [-0.05, 0) is 12.1 Å². The highest BCUT2D eigenvalue weighted by molar-refractivity contribution is 6.36. The molecular weight excluding hydrogens is 253 g/mol. The fourth-order valence-corrected chi connectivity index (χ4v) is 2.16. The van der Waals surface area contributed by atoms with Crippen LogP contribution in [0.15, 0.2) is 12.1 Å². The van der Waals surface area contributed by atoms with Crippen LogP contribution in [0.4, 0.5) is 5.69 Å². The molecule has 1 aromatic carbocycles. The number of amides is 1. The second kappa shape index (κ2) is 4.13. The van der Waals surface area contributed by atoms with Gasteiger partial charge < -0.3 is 15.1 Å². The smallest absolute Gasteiger partial charge is 0.229 e. The quantitative estimate of drug-likeness (QED) is 0.811. The molecule has 0 radical (unpaired) electrons. The lowest BCUT2D eigenvalue weighted by Crippen LogP contribution is -2.25. The molecule has 16 heavy (non-hydrogen) atoms. The van der Waals surface area contributed by atoms with Gasteiger partial charge in [-0.15, -0.1) is 0 Å². The van der Waals surface area contributed by atoms with Crippen LogP contribution in [-0.2, 0) is 4.79 Å². The van der Waals surface area contributed by atoms with Gasteiger partial charge in [-0.1, -0.05) is 23.2 Å². The first-order valence-electron chi connectivity index (χ1n) is 4.65. The highest BCUT2D eigenvalue weighted by Crippen LogP contribution is 2.38. The first-order chi connectivity index (χ1) is 7.49. The van der Waals surface area contributed by atoms with Gasteiger partial charge in [0.05, 0.1) is 29.8 Å². The molecule has 0 bridgehead atoms. The summed E-state index contributed by atoms with van der Waals surface area (Å²) in [7, 11) is 0. The van der Waals surface area contributed by atoms with Crippen molar-refractivity contribution in [1.82, 2.24) is 0 Å². The van der Waals surface area contributed by atoms with Gasteiger partial charge >= 0.3 is 0 Å². The summed E-state index contributed by atoms with van der Waals surface area (Å²) in [6.07, 6.45) is -0.673. The number of hydrogen-bond donors (Lipinski definition) is 2. The summed E-state index contributed by atoms with van der Waals surface area (Å²) < 4.78 is 0. The molecule has 0 aromatic heterocycles. The number of phenols is 1. The van der Waals surface area contributed by atoms with Crippen molar-refractivity contribution in [2.75, 3.05) is 11.4 Å². The summed E-state index contributed by atoms with van der Waals surface area (Å²) in [4.78, 5) is 12.8. The minimum absolute atomic E-state index is 0.0452. The number of rotatable bonds is 1. The second-order valence-corrected chi connectivity index (χ2v) is 4.46. The summed E-state index contributed by atoms with van der Waals surface area (Å²) in [5, 5.41) is 19.5. The zero-order valence-corrected chi connectivity index (χ0v) is 9.66. The molecule has 1 heterocycles. The van der Waals surface area contributed by atoms with Gasteiger partial charge in [0.15, 0.2) is 5.75 Å². The molecule has 0 aliphatic carbocycles. The highest BCUT2D eigenvalue weighted by Gasteiger charge is 2.31. The Balaban J connectivity index is 2.44. The van der Waals surface area contributed by atoms with E-state index in [0.717, 1.165) is 0 Å². The molecule has 1 fully saturated rings. The maximum atomic E-state index is 11.5. The Morgan fingerprint density at radius 1 is 1.38 bits per heavy atom. The van der Waals surface area contributed by atoms with Crippen molar-refractivity contribution in [3.63, 3.8) is 0 Å². The van der Waals surface area contributed by atoms with Crippen molar-refractivity contribution in [3.8, 4) is 5.75 Å². The third-order valence-electron chi connectivity index (χ3n) is 2.40. The van der Waals surface area contributed by atoms with Gasteiger partial charge in [0.25, 0.3) is 0 Å². The Morgan fingerprint density at radius 2 is 2.06 bits per heavy atom. The molecular formula is C10H9Cl2NO3. The van der Waals surface area contributed by atoms with E-state index in [1.54, 1.807) is 0 Å². The summed E-state index contributed by atoms with van der Waals surface area (Å²) in [5.41, 5.74) is 0.235. The molecule has 1 unspecified atom stereocenters. The topological polar surface area (TPSA) is 60.8 Å². The van der Waals surface area contributed by atoms with E-state index in [1.165, 1.54) is 17.0 Å². The number of benzene rings is 1. The van der Waals surface area contributed by atoms with E-state index in [4.69, 9.17) is 23.2 Å². The Labute approximate surface area is 102 Å². The standard InChI is InChI=1S/C10H9Cl2NO3/c11-5-1-7(12)10(16)8(2-5)13-4-6(14)3-9(13)15/h1-2,6,14,16H,3-4H2. The minimum Gasteiger partial charge on any atom is -0.504 e. The van der Waals surface area contributed by atoms with Crippen LogP contribution in [0.1, 0.15) is 6.42 Å². The van der Waals surface area contributed by atoms with Crippen LogP contribution < -0.4 is 4.90 Å². The van der Waals surface area contributed by atoms with Crippen LogP contribution >= 0.6 is 23.2 Å². The third-order valence-corrected chi connectivity index (χ3v) is 2.91. The number of hydrogen-bond acceptors (Lipinski definition) is 3. The second-order valence-electron chi connectivity index (χ2n) is 3.62. The molecule has 86 valence electrons. The van der Waals surface area contributed by atoms with Crippen molar-refractivity contribution in [2.24, 2.45) is 0 Å². The molecule has 6 heteroatoms. The molecule has 1 atom stereocenters. The normalized spacial score (nSPS) is 20.6. The number of phenolic OH excluding ortho intramolecular Hbond substituents is 1. The SMILES string of the molecule is O=C1CC(O)CN1c1cc(Cl)cc(Cl)c1O. The summed E-state index contributed by atoms with van der Waals surface area (Å²) in [6.45, 7) is 0.142. The van der Waals surface area contributed by atoms with Crippen LogP contribution in [0, 0.1) is 0 Å². The average Bonchev–Trinajstić information content (AvgIpc) is 2.51. The number of halogens is 2. The zero-order valence-electron chi connectivity index (χ0n) is 8.15. The van der Waals surface area contributed by atoms with Crippen molar-refractivity contribution in [2.45, 2.75) is 12.5 Å². The van der Waals surface area contributed by atoms with Crippen molar-refractivity contribution >= 4 is 34.8 Å². The maximum absolute atomic E-state index is 11.5. The van der Waals surface area contributed by atoms with E-state index in [2.05, 4.69) is 0 Å². The van der Waals surface area contributed by atoms with Crippen LogP contribution in [0.25, 0.3) is 0 Å². The van der Waals surface area contributed by atoms with Crippen molar-refractivity contribution in [3.05, 3.63) is 22.2 Å². The first-order valence-corrected chi connectivity index (χ1v) is 5.41. The first kappa shape index (κ1) is 11.5. The van der Waals surface area contributed by atoms with E-state index in [0.29, 0.717) is 5.02 Å². The molecule has 0 saturated carbocycles. The summed E-state index contributed by atoms with van der Waals surface area (Å²) >= 11 is 11.5. The van der Waals surface area contributed by atoms with E-state index < -0.39 is 6.10 Å². The largest absolute Gasteiger partial charge is 0.504 e. The molecule has 4 nitrogen and oxygen atoms in total. The van der Waals surface area contributed by atoms with Gasteiger partial charge in [0.2, 0.25) is 5.91 Å². The summed E-state index contributed by atoms with van der Waals surface area (Å²) in [6, 6.07) is 2.83. The lowest BCUT2D eigenvalue weighted by Gasteiger charge is -2.18. The lowest BCUT2D eigenvalue weighted by molar-refractivity contribution is -0.117. The lowest BCUT2D eigenvalue weighted by atomic mass is 10.2. The molecule has 1 saturated heterocycles. The predicted molar refractivity (Wildman–Crippen MR) is 61.1 cm³/mol. The number of β-amino-alcohol motifs (C(OH)–C–C–N with tert-alkyl or cyclic N) is 1. The minimum atomic E-state index is -0.718. The Bertz CT molecular complexity index is 450. The molecule has 1 aliphatic rings. The fourth-order valence-electron chi connectivity index (χ4n) is 1.68.